The van der Waals surface area contributed by atoms with Crippen LogP contribution in [-0.2, 0) is 6.54 Å². The summed E-state index contributed by atoms with van der Waals surface area (Å²) in [5.74, 6) is 0.658. The van der Waals surface area contributed by atoms with E-state index >= 15 is 0 Å². The fourth-order valence-corrected chi connectivity index (χ4v) is 1.10. The molecule has 14 heavy (non-hydrogen) atoms. The zero-order valence-electron chi connectivity index (χ0n) is 8.45. The predicted molar refractivity (Wildman–Crippen MR) is 51.5 cm³/mol. The second-order valence-electron chi connectivity index (χ2n) is 2.76. The number of amides is 2. The molecule has 0 aromatic carbocycles. The highest BCUT2D eigenvalue weighted by Crippen LogP contribution is 1.90. The molecule has 6 nitrogen and oxygen atoms in total. The highest BCUT2D eigenvalue weighted by molar-refractivity contribution is 5.73. The zero-order chi connectivity index (χ0) is 10.4. The highest BCUT2D eigenvalue weighted by atomic mass is 16.2. The average Bonchev–Trinajstić information content (AvgIpc) is 2.69. The second kappa shape index (κ2) is 5.21. The van der Waals surface area contributed by atoms with Gasteiger partial charge in [-0.1, -0.05) is 0 Å². The van der Waals surface area contributed by atoms with Crippen LogP contribution in [0.2, 0.25) is 0 Å². The fourth-order valence-electron chi connectivity index (χ4n) is 1.10. The first-order valence-electron chi connectivity index (χ1n) is 4.65. The Morgan fingerprint density at radius 2 is 2.29 bits per heavy atom. The lowest BCUT2D eigenvalue weighted by atomic mass is 10.5. The van der Waals surface area contributed by atoms with E-state index in [1.807, 2.05) is 13.8 Å². The van der Waals surface area contributed by atoms with Crippen LogP contribution in [0.4, 0.5) is 4.79 Å². The van der Waals surface area contributed by atoms with Crippen LogP contribution in [-0.4, -0.2) is 39.2 Å². The van der Waals surface area contributed by atoms with E-state index in [1.54, 1.807) is 4.90 Å². The molecule has 0 unspecified atom stereocenters. The van der Waals surface area contributed by atoms with E-state index in [9.17, 15) is 4.79 Å². The lowest BCUT2D eigenvalue weighted by Crippen LogP contribution is -2.39. The van der Waals surface area contributed by atoms with Gasteiger partial charge >= 0.3 is 6.03 Å². The number of carbonyl (C=O) groups is 1. The molecule has 2 amide bonds. The molecule has 0 atom stereocenters. The summed E-state index contributed by atoms with van der Waals surface area (Å²) in [4.78, 5) is 17.1. The third kappa shape index (κ3) is 2.72. The number of nitrogens with one attached hydrogen (secondary N) is 2. The van der Waals surface area contributed by atoms with E-state index in [0.29, 0.717) is 25.5 Å². The Morgan fingerprint density at radius 3 is 2.79 bits per heavy atom. The van der Waals surface area contributed by atoms with E-state index in [1.165, 1.54) is 6.33 Å². The van der Waals surface area contributed by atoms with Gasteiger partial charge in [-0.15, -0.1) is 0 Å². The number of nitrogens with zero attached hydrogens (tertiary/aromatic N) is 3. The molecule has 1 aromatic heterocycles. The van der Waals surface area contributed by atoms with Crippen molar-refractivity contribution in [3.05, 3.63) is 12.2 Å². The first-order valence-corrected chi connectivity index (χ1v) is 4.65. The maximum Gasteiger partial charge on any atom is 0.317 e. The summed E-state index contributed by atoms with van der Waals surface area (Å²) in [5.41, 5.74) is 0. The molecule has 0 fully saturated rings. The smallest absolute Gasteiger partial charge is 0.317 e. The molecule has 0 aliphatic carbocycles. The van der Waals surface area contributed by atoms with Crippen molar-refractivity contribution < 1.29 is 4.79 Å². The van der Waals surface area contributed by atoms with Gasteiger partial charge in [-0.05, 0) is 13.8 Å². The molecular formula is C8H15N5O. The molecule has 2 N–H and O–H groups in total. The molecule has 0 aliphatic heterocycles. The standard InChI is InChI=1S/C8H15N5O/c1-3-13(4-2)8(14)9-5-7-10-6-11-12-7/h6H,3-5H2,1-2H3,(H,9,14)(H,10,11,12). The SMILES string of the molecule is CCN(CC)C(=O)NCc1ncn[nH]1. The summed E-state index contributed by atoms with van der Waals surface area (Å²) < 4.78 is 0. The minimum Gasteiger partial charge on any atom is -0.331 e. The zero-order valence-corrected chi connectivity index (χ0v) is 8.45. The van der Waals surface area contributed by atoms with Crippen molar-refractivity contribution in [1.82, 2.24) is 25.4 Å². The van der Waals surface area contributed by atoms with E-state index in [2.05, 4.69) is 20.5 Å². The van der Waals surface area contributed by atoms with Crippen LogP contribution >= 0.6 is 0 Å². The fraction of sp³-hybridized carbons (Fsp3) is 0.625. The molecule has 0 saturated heterocycles. The van der Waals surface area contributed by atoms with Gasteiger partial charge in [0.15, 0.2) is 0 Å². The van der Waals surface area contributed by atoms with Gasteiger partial charge in [-0.2, -0.15) is 5.10 Å². The van der Waals surface area contributed by atoms with Gasteiger partial charge in [0.1, 0.15) is 12.2 Å². The van der Waals surface area contributed by atoms with Crippen LogP contribution in [0.15, 0.2) is 6.33 Å². The van der Waals surface area contributed by atoms with Crippen LogP contribution < -0.4 is 5.32 Å². The van der Waals surface area contributed by atoms with Gasteiger partial charge in [0.25, 0.3) is 0 Å². The maximum absolute atomic E-state index is 11.5. The molecule has 1 aromatic rings. The number of H-pyrrole nitrogens is 1. The van der Waals surface area contributed by atoms with Gasteiger partial charge in [-0.25, -0.2) is 9.78 Å². The Balaban J connectivity index is 2.34. The van der Waals surface area contributed by atoms with Crippen molar-refractivity contribution in [3.8, 4) is 0 Å². The molecule has 1 rings (SSSR count). The molecule has 0 spiro atoms. The Hall–Kier alpha value is -1.59. The van der Waals surface area contributed by atoms with Crippen LogP contribution in [0.1, 0.15) is 19.7 Å². The summed E-state index contributed by atoms with van der Waals surface area (Å²) >= 11 is 0. The van der Waals surface area contributed by atoms with Crippen LogP contribution in [0, 0.1) is 0 Å². The van der Waals surface area contributed by atoms with Crippen molar-refractivity contribution in [2.75, 3.05) is 13.1 Å². The van der Waals surface area contributed by atoms with E-state index in [4.69, 9.17) is 0 Å². The van der Waals surface area contributed by atoms with Gasteiger partial charge in [-0.3, -0.25) is 5.10 Å². The molecule has 1 heterocycles. The summed E-state index contributed by atoms with van der Waals surface area (Å²) in [5, 5.41) is 9.10. The van der Waals surface area contributed by atoms with Crippen LogP contribution in [0.3, 0.4) is 0 Å². The number of carbonyl (C=O) groups excluding carboxylic acids is 1. The number of hydrogen-bond donors (Lipinski definition) is 2. The van der Waals surface area contributed by atoms with Crippen molar-refractivity contribution in [2.45, 2.75) is 20.4 Å². The summed E-state index contributed by atoms with van der Waals surface area (Å²) in [6, 6.07) is -0.0774. The molecular weight excluding hydrogens is 182 g/mol. The monoisotopic (exact) mass is 197 g/mol. The molecule has 6 heteroatoms. The Bertz CT molecular complexity index is 267. The second-order valence-corrected chi connectivity index (χ2v) is 2.76. The quantitative estimate of drug-likeness (QED) is 0.731. The lowest BCUT2D eigenvalue weighted by Gasteiger charge is -2.18. The molecule has 0 bridgehead atoms. The molecule has 0 radical (unpaired) electrons. The van der Waals surface area contributed by atoms with Gasteiger partial charge < -0.3 is 10.2 Å². The normalized spacial score (nSPS) is 9.86. The third-order valence-corrected chi connectivity index (χ3v) is 1.92. The van der Waals surface area contributed by atoms with Crippen LogP contribution in [0.5, 0.6) is 0 Å². The molecule has 0 aliphatic rings. The van der Waals surface area contributed by atoms with Crippen molar-refractivity contribution in [1.29, 1.82) is 0 Å². The van der Waals surface area contributed by atoms with Crippen molar-refractivity contribution in [2.24, 2.45) is 0 Å². The average molecular weight is 197 g/mol. The molecule has 0 saturated carbocycles. The summed E-state index contributed by atoms with van der Waals surface area (Å²) in [6.45, 7) is 5.68. The third-order valence-electron chi connectivity index (χ3n) is 1.92. The summed E-state index contributed by atoms with van der Waals surface area (Å²) in [6.07, 6.45) is 1.42. The van der Waals surface area contributed by atoms with E-state index in [-0.39, 0.29) is 6.03 Å². The van der Waals surface area contributed by atoms with Gasteiger partial charge in [0, 0.05) is 13.1 Å². The minimum absolute atomic E-state index is 0.0774. The molecule has 78 valence electrons. The van der Waals surface area contributed by atoms with Crippen LogP contribution in [0.25, 0.3) is 0 Å². The number of rotatable bonds is 4. The Labute approximate surface area is 82.7 Å². The van der Waals surface area contributed by atoms with E-state index in [0.717, 1.165) is 0 Å². The van der Waals surface area contributed by atoms with Crippen molar-refractivity contribution in [3.63, 3.8) is 0 Å². The number of aromatic amines is 1. The number of aromatic nitrogens is 3. The number of urea groups is 1. The van der Waals surface area contributed by atoms with E-state index < -0.39 is 0 Å². The Kier molecular flexibility index (Phi) is 3.90. The summed E-state index contributed by atoms with van der Waals surface area (Å²) in [7, 11) is 0. The Morgan fingerprint density at radius 1 is 1.57 bits per heavy atom. The first-order chi connectivity index (χ1) is 6.77. The topological polar surface area (TPSA) is 73.9 Å². The largest absolute Gasteiger partial charge is 0.331 e. The predicted octanol–water partition coefficient (Wildman–Crippen LogP) is 0.356. The highest BCUT2D eigenvalue weighted by Gasteiger charge is 2.08. The minimum atomic E-state index is -0.0774. The van der Waals surface area contributed by atoms with Gasteiger partial charge in [0.05, 0.1) is 6.54 Å². The number of hydrogen-bond acceptors (Lipinski definition) is 3. The van der Waals surface area contributed by atoms with Gasteiger partial charge in [0.2, 0.25) is 0 Å². The maximum atomic E-state index is 11.5. The first kappa shape index (κ1) is 10.5. The van der Waals surface area contributed by atoms with Crippen molar-refractivity contribution >= 4 is 6.03 Å². The lowest BCUT2D eigenvalue weighted by molar-refractivity contribution is 0.202.